The van der Waals surface area contributed by atoms with Gasteiger partial charge >= 0.3 is 0 Å². The Hall–Kier alpha value is -4.69. The second kappa shape index (κ2) is 14.4. The van der Waals surface area contributed by atoms with Gasteiger partial charge in [-0.05, 0) is 84.6 Å². The fraction of sp³-hybridized carbons (Fsp3) is 0.359. The topological polar surface area (TPSA) is 63.7 Å². The molecule has 2 saturated heterocycles. The SMILES string of the molecule is COc1ccc(C2(c3ccc(OC)cc3)CCCN(Cc3cccc(C(=O)N4CCN(c5ccc(OC)c(OC)c5)CC4)c3)C2)cc1. The number of anilines is 1. The van der Waals surface area contributed by atoms with Gasteiger partial charge in [0.05, 0.1) is 28.4 Å². The van der Waals surface area contributed by atoms with Crippen LogP contribution in [0.3, 0.4) is 0 Å². The van der Waals surface area contributed by atoms with Gasteiger partial charge in [-0.1, -0.05) is 36.4 Å². The highest BCUT2D eigenvalue weighted by molar-refractivity contribution is 5.94. The number of piperidine rings is 1. The average molecular weight is 636 g/mol. The van der Waals surface area contributed by atoms with Crippen LogP contribution in [0.2, 0.25) is 0 Å². The molecule has 2 aliphatic rings. The maximum Gasteiger partial charge on any atom is 0.253 e. The summed E-state index contributed by atoms with van der Waals surface area (Å²) >= 11 is 0. The largest absolute Gasteiger partial charge is 0.497 e. The molecule has 0 spiro atoms. The smallest absolute Gasteiger partial charge is 0.253 e. The van der Waals surface area contributed by atoms with E-state index in [0.29, 0.717) is 24.6 Å². The van der Waals surface area contributed by atoms with Crippen LogP contribution in [0.15, 0.2) is 91.0 Å². The zero-order chi connectivity index (χ0) is 32.8. The van der Waals surface area contributed by atoms with Crippen LogP contribution in [0.4, 0.5) is 5.69 Å². The van der Waals surface area contributed by atoms with Gasteiger partial charge in [-0.15, -0.1) is 0 Å². The quantitative estimate of drug-likeness (QED) is 0.204. The normalized spacial score (nSPS) is 16.4. The second-order valence-corrected chi connectivity index (χ2v) is 12.4. The molecule has 0 radical (unpaired) electrons. The van der Waals surface area contributed by atoms with Gasteiger partial charge < -0.3 is 28.7 Å². The molecule has 1 amide bonds. The van der Waals surface area contributed by atoms with Crippen molar-refractivity contribution in [3.05, 3.63) is 113 Å². The van der Waals surface area contributed by atoms with Crippen LogP contribution in [-0.4, -0.2) is 83.4 Å². The lowest BCUT2D eigenvalue weighted by Crippen LogP contribution is -2.48. The maximum atomic E-state index is 13.7. The van der Waals surface area contributed by atoms with E-state index < -0.39 is 0 Å². The lowest BCUT2D eigenvalue weighted by molar-refractivity contribution is 0.0746. The van der Waals surface area contributed by atoms with Crippen molar-refractivity contribution in [3.8, 4) is 23.0 Å². The molecular weight excluding hydrogens is 590 g/mol. The van der Waals surface area contributed by atoms with Crippen LogP contribution < -0.4 is 23.8 Å². The molecule has 246 valence electrons. The van der Waals surface area contributed by atoms with E-state index in [1.807, 2.05) is 35.2 Å². The molecule has 6 rings (SSSR count). The summed E-state index contributed by atoms with van der Waals surface area (Å²) in [7, 11) is 6.70. The van der Waals surface area contributed by atoms with Gasteiger partial charge in [-0.3, -0.25) is 9.69 Å². The average Bonchev–Trinajstić information content (AvgIpc) is 3.14. The van der Waals surface area contributed by atoms with E-state index in [2.05, 4.69) is 70.5 Å². The summed E-state index contributed by atoms with van der Waals surface area (Å²) in [5.74, 6) is 3.22. The molecule has 0 atom stereocenters. The van der Waals surface area contributed by atoms with Crippen LogP contribution in [0.25, 0.3) is 0 Å². The van der Waals surface area contributed by atoms with E-state index >= 15 is 0 Å². The number of hydrogen-bond acceptors (Lipinski definition) is 7. The summed E-state index contributed by atoms with van der Waals surface area (Å²) in [5.41, 5.74) is 5.36. The Kier molecular flexibility index (Phi) is 9.87. The number of ether oxygens (including phenoxy) is 4. The van der Waals surface area contributed by atoms with Gasteiger partial charge in [0, 0.05) is 62.0 Å². The molecule has 4 aromatic rings. The zero-order valence-corrected chi connectivity index (χ0v) is 27.9. The number of benzene rings is 4. The number of carbonyl (C=O) groups is 1. The minimum absolute atomic E-state index is 0.0864. The van der Waals surface area contributed by atoms with Crippen molar-refractivity contribution in [2.24, 2.45) is 0 Å². The Morgan fingerprint density at radius 2 is 1.32 bits per heavy atom. The van der Waals surface area contributed by atoms with Crippen LogP contribution >= 0.6 is 0 Å². The number of amides is 1. The summed E-state index contributed by atoms with van der Waals surface area (Å²) in [6.07, 6.45) is 2.12. The molecule has 0 saturated carbocycles. The van der Waals surface area contributed by atoms with E-state index in [0.717, 1.165) is 73.9 Å². The first-order valence-corrected chi connectivity index (χ1v) is 16.3. The predicted octanol–water partition coefficient (Wildman–Crippen LogP) is 6.27. The number of hydrogen-bond donors (Lipinski definition) is 0. The van der Waals surface area contributed by atoms with Crippen LogP contribution in [0, 0.1) is 0 Å². The van der Waals surface area contributed by atoms with Crippen molar-refractivity contribution in [2.75, 3.05) is 72.6 Å². The molecule has 0 aliphatic carbocycles. The second-order valence-electron chi connectivity index (χ2n) is 12.4. The molecule has 0 aromatic heterocycles. The fourth-order valence-electron chi connectivity index (χ4n) is 7.17. The van der Waals surface area contributed by atoms with Crippen LogP contribution in [-0.2, 0) is 12.0 Å². The molecule has 2 fully saturated rings. The van der Waals surface area contributed by atoms with E-state index in [1.54, 1.807) is 28.4 Å². The van der Waals surface area contributed by atoms with Gasteiger partial charge in [-0.25, -0.2) is 0 Å². The van der Waals surface area contributed by atoms with Crippen molar-refractivity contribution in [1.29, 1.82) is 0 Å². The first-order chi connectivity index (χ1) is 23.0. The lowest BCUT2D eigenvalue weighted by Gasteiger charge is -2.44. The minimum atomic E-state index is -0.169. The number of carbonyl (C=O) groups excluding carboxylic acids is 1. The fourth-order valence-corrected chi connectivity index (χ4v) is 7.17. The first kappa shape index (κ1) is 32.3. The maximum absolute atomic E-state index is 13.7. The third-order valence-corrected chi connectivity index (χ3v) is 9.74. The molecule has 2 heterocycles. The Bertz CT molecular complexity index is 1600. The van der Waals surface area contributed by atoms with Crippen molar-refractivity contribution in [2.45, 2.75) is 24.8 Å². The number of nitrogens with zero attached hydrogens (tertiary/aromatic N) is 3. The Balaban J connectivity index is 1.15. The molecule has 47 heavy (non-hydrogen) atoms. The first-order valence-electron chi connectivity index (χ1n) is 16.3. The molecule has 4 aromatic carbocycles. The van der Waals surface area contributed by atoms with E-state index in [1.165, 1.54) is 11.1 Å². The Labute approximate surface area is 278 Å². The van der Waals surface area contributed by atoms with Gasteiger partial charge in [0.1, 0.15) is 11.5 Å². The minimum Gasteiger partial charge on any atom is -0.497 e. The molecule has 0 bridgehead atoms. The molecule has 8 nitrogen and oxygen atoms in total. The number of rotatable bonds is 10. The summed E-state index contributed by atoms with van der Waals surface area (Å²) < 4.78 is 21.8. The number of methoxy groups -OCH3 is 4. The van der Waals surface area contributed by atoms with Crippen molar-refractivity contribution in [3.63, 3.8) is 0 Å². The standard InChI is InChI=1S/C39H45N3O5/c1-44-34-14-9-31(10-15-34)39(32-11-16-35(45-2)17-12-32)19-6-20-40(28-39)27-29-7-5-8-30(25-29)38(43)42-23-21-41(22-24-42)33-13-18-36(46-3)37(26-33)47-4/h5,7-18,25-26H,6,19-24,27-28H2,1-4H3. The Morgan fingerprint density at radius 3 is 1.91 bits per heavy atom. The van der Waals surface area contributed by atoms with E-state index in [9.17, 15) is 4.79 Å². The summed E-state index contributed by atoms with van der Waals surface area (Å²) in [6.45, 7) is 5.50. The highest BCUT2D eigenvalue weighted by Crippen LogP contribution is 2.42. The lowest BCUT2D eigenvalue weighted by atomic mass is 9.69. The summed E-state index contributed by atoms with van der Waals surface area (Å²) in [6, 6.07) is 31.2. The van der Waals surface area contributed by atoms with Crippen molar-refractivity contribution < 1.29 is 23.7 Å². The predicted molar refractivity (Wildman–Crippen MR) is 185 cm³/mol. The number of likely N-dealkylation sites (tertiary alicyclic amines) is 1. The highest BCUT2D eigenvalue weighted by atomic mass is 16.5. The molecule has 8 heteroatoms. The van der Waals surface area contributed by atoms with Gasteiger partial charge in [0.2, 0.25) is 0 Å². The highest BCUT2D eigenvalue weighted by Gasteiger charge is 2.39. The molecule has 0 N–H and O–H groups in total. The zero-order valence-electron chi connectivity index (χ0n) is 27.9. The molecular formula is C39H45N3O5. The van der Waals surface area contributed by atoms with Crippen LogP contribution in [0.1, 0.15) is 39.9 Å². The molecule has 2 aliphatic heterocycles. The third-order valence-electron chi connectivity index (χ3n) is 9.74. The van der Waals surface area contributed by atoms with Crippen molar-refractivity contribution in [1.82, 2.24) is 9.80 Å². The van der Waals surface area contributed by atoms with Gasteiger partial charge in [-0.2, -0.15) is 0 Å². The third kappa shape index (κ3) is 6.88. The van der Waals surface area contributed by atoms with Gasteiger partial charge in [0.15, 0.2) is 11.5 Å². The number of piperazine rings is 1. The van der Waals surface area contributed by atoms with E-state index in [-0.39, 0.29) is 11.3 Å². The van der Waals surface area contributed by atoms with Gasteiger partial charge in [0.25, 0.3) is 5.91 Å². The van der Waals surface area contributed by atoms with Crippen molar-refractivity contribution >= 4 is 11.6 Å². The monoisotopic (exact) mass is 635 g/mol. The van der Waals surface area contributed by atoms with E-state index in [4.69, 9.17) is 18.9 Å². The summed E-state index contributed by atoms with van der Waals surface area (Å²) in [4.78, 5) is 20.5. The van der Waals surface area contributed by atoms with Crippen LogP contribution in [0.5, 0.6) is 23.0 Å². The Morgan fingerprint density at radius 1 is 0.681 bits per heavy atom. The summed E-state index contributed by atoms with van der Waals surface area (Å²) in [5, 5.41) is 0. The molecule has 0 unspecified atom stereocenters.